The summed E-state index contributed by atoms with van der Waals surface area (Å²) >= 11 is 0. The summed E-state index contributed by atoms with van der Waals surface area (Å²) in [5.74, 6) is -1.19. The van der Waals surface area contributed by atoms with Crippen LogP contribution in [0.4, 0.5) is 0 Å². The number of hydrogen-bond acceptors (Lipinski definition) is 3. The molecule has 0 fully saturated rings. The number of primary amides is 1. The van der Waals surface area contributed by atoms with Gasteiger partial charge in [0.15, 0.2) is 0 Å². The average Bonchev–Trinajstić information content (AvgIpc) is 2.96. The fraction of sp³-hybridized carbons (Fsp3) is 0.212. The number of benzene rings is 4. The van der Waals surface area contributed by atoms with Crippen molar-refractivity contribution in [3.8, 4) is 11.1 Å². The number of rotatable bonds is 12. The van der Waals surface area contributed by atoms with Gasteiger partial charge in [0.05, 0.1) is 5.92 Å². The van der Waals surface area contributed by atoms with Gasteiger partial charge in [0.1, 0.15) is 6.04 Å². The average molecular weight is 542 g/mol. The Morgan fingerprint density at radius 1 is 0.692 bits per heavy atom. The van der Waals surface area contributed by atoms with E-state index in [1.165, 1.54) is 0 Å². The third kappa shape index (κ3) is 7.79. The van der Waals surface area contributed by atoms with Crippen molar-refractivity contribution in [2.24, 2.45) is 11.5 Å². The summed E-state index contributed by atoms with van der Waals surface area (Å²) in [7, 11) is 0. The van der Waals surface area contributed by atoms with E-state index in [0.29, 0.717) is 32.4 Å². The Morgan fingerprint density at radius 2 is 1.18 bits per heavy atom. The van der Waals surface area contributed by atoms with Crippen LogP contribution in [-0.2, 0) is 16.0 Å². The summed E-state index contributed by atoms with van der Waals surface area (Å²) in [4.78, 5) is 28.6. The van der Waals surface area contributed by atoms with Crippen LogP contribution in [0.1, 0.15) is 35.4 Å². The Bertz CT molecular complexity index is 1260. The quantitative estimate of drug-likeness (QED) is 0.246. The Labute approximate surface area is 237 Å². The van der Waals surface area contributed by atoms with Crippen molar-refractivity contribution >= 4 is 24.2 Å². The van der Waals surface area contributed by atoms with E-state index in [1.54, 1.807) is 4.90 Å². The number of hydrogen-bond donors (Lipinski definition) is 2. The maximum atomic E-state index is 14.3. The number of nitrogens with zero attached hydrogens (tertiary/aromatic N) is 1. The van der Waals surface area contributed by atoms with Crippen molar-refractivity contribution in [3.63, 3.8) is 0 Å². The van der Waals surface area contributed by atoms with Crippen LogP contribution < -0.4 is 11.5 Å². The molecule has 2 amide bonds. The lowest BCUT2D eigenvalue weighted by Gasteiger charge is -2.33. The molecule has 4 aromatic carbocycles. The zero-order chi connectivity index (χ0) is 26.7. The normalized spacial score (nSPS) is 11.4. The highest BCUT2D eigenvalue weighted by Crippen LogP contribution is 2.29. The molecule has 5 nitrogen and oxygen atoms in total. The van der Waals surface area contributed by atoms with E-state index in [1.807, 2.05) is 78.9 Å². The van der Waals surface area contributed by atoms with Gasteiger partial charge in [0.2, 0.25) is 11.8 Å². The summed E-state index contributed by atoms with van der Waals surface area (Å²) in [6.07, 6.45) is 1.63. The van der Waals surface area contributed by atoms with Gasteiger partial charge < -0.3 is 16.4 Å². The number of halogens is 1. The Morgan fingerprint density at radius 3 is 1.67 bits per heavy atom. The summed E-state index contributed by atoms with van der Waals surface area (Å²) < 4.78 is 0. The fourth-order valence-electron chi connectivity index (χ4n) is 4.86. The lowest BCUT2D eigenvalue weighted by molar-refractivity contribution is -0.140. The molecule has 0 unspecified atom stereocenters. The number of nitrogens with two attached hydrogens (primary N) is 2. The van der Waals surface area contributed by atoms with Crippen LogP contribution in [0.15, 0.2) is 115 Å². The molecule has 0 radical (unpaired) electrons. The Balaban J connectivity index is 0.00000420. The van der Waals surface area contributed by atoms with Crippen molar-refractivity contribution in [2.75, 3.05) is 13.1 Å². The topological polar surface area (TPSA) is 89.4 Å². The number of carbonyl (C=O) groups is 2. The molecule has 0 saturated heterocycles. The van der Waals surface area contributed by atoms with Crippen LogP contribution >= 0.6 is 12.4 Å². The molecule has 4 aromatic rings. The molecule has 0 aromatic heterocycles. The molecule has 6 heteroatoms. The third-order valence-electron chi connectivity index (χ3n) is 6.88. The van der Waals surface area contributed by atoms with Gasteiger partial charge in [-0.25, -0.2) is 0 Å². The molecular weight excluding hydrogens is 506 g/mol. The third-order valence-corrected chi connectivity index (χ3v) is 6.88. The van der Waals surface area contributed by atoms with Crippen molar-refractivity contribution in [3.05, 3.63) is 132 Å². The van der Waals surface area contributed by atoms with E-state index in [4.69, 9.17) is 11.5 Å². The second-order valence-electron chi connectivity index (χ2n) is 9.45. The first-order valence-electron chi connectivity index (χ1n) is 13.1. The van der Waals surface area contributed by atoms with E-state index in [0.717, 1.165) is 27.8 Å². The minimum atomic E-state index is -0.732. The first-order chi connectivity index (χ1) is 18.6. The van der Waals surface area contributed by atoms with Gasteiger partial charge in [-0.05, 0) is 53.6 Å². The van der Waals surface area contributed by atoms with E-state index in [9.17, 15) is 9.59 Å². The standard InChI is InChI=1S/C33H35N3O2.ClH/c34-23-10-17-30(32(35)37)36(24-22-25-18-20-27(21-19-25)26-11-4-1-5-12-26)33(38)31(28-13-6-2-7-14-28)29-15-8-3-9-16-29;/h1-9,11-16,18-21,30-31H,10,17,22-24,34H2,(H2,35,37);1H/t30-;/m1./s1. The number of carbonyl (C=O) groups excluding carboxylic acids is 2. The van der Waals surface area contributed by atoms with Crippen LogP contribution in [0.5, 0.6) is 0 Å². The Hall–Kier alpha value is -3.93. The van der Waals surface area contributed by atoms with Crippen LogP contribution in [0, 0.1) is 0 Å². The van der Waals surface area contributed by atoms with Crippen LogP contribution in [0.3, 0.4) is 0 Å². The molecule has 0 aliphatic carbocycles. The first kappa shape index (κ1) is 29.6. The van der Waals surface area contributed by atoms with Crippen molar-refractivity contribution in [2.45, 2.75) is 31.2 Å². The minimum absolute atomic E-state index is 0. The highest BCUT2D eigenvalue weighted by Gasteiger charge is 2.34. The minimum Gasteiger partial charge on any atom is -0.368 e. The van der Waals surface area contributed by atoms with Gasteiger partial charge in [-0.3, -0.25) is 9.59 Å². The maximum absolute atomic E-state index is 14.3. The lowest BCUT2D eigenvalue weighted by Crippen LogP contribution is -2.50. The molecule has 0 saturated carbocycles. The molecule has 0 aliphatic heterocycles. The van der Waals surface area contributed by atoms with Crippen molar-refractivity contribution < 1.29 is 9.59 Å². The molecule has 0 spiro atoms. The molecular formula is C33H36ClN3O2. The molecule has 202 valence electrons. The SMILES string of the molecule is Cl.NCCC[C@H](C(N)=O)N(CCc1ccc(-c2ccccc2)cc1)C(=O)C(c1ccccc1)c1ccccc1. The predicted molar refractivity (Wildman–Crippen MR) is 161 cm³/mol. The van der Waals surface area contributed by atoms with Crippen LogP contribution in [-0.4, -0.2) is 35.8 Å². The van der Waals surface area contributed by atoms with Gasteiger partial charge in [0, 0.05) is 6.54 Å². The summed E-state index contributed by atoms with van der Waals surface area (Å²) in [6.45, 7) is 0.797. The number of amides is 2. The summed E-state index contributed by atoms with van der Waals surface area (Å²) in [5.41, 5.74) is 16.8. The zero-order valence-corrected chi connectivity index (χ0v) is 22.8. The fourth-order valence-corrected chi connectivity index (χ4v) is 4.86. The highest BCUT2D eigenvalue weighted by molar-refractivity contribution is 5.92. The summed E-state index contributed by atoms with van der Waals surface area (Å²) in [6, 6.07) is 37.2. The van der Waals surface area contributed by atoms with Gasteiger partial charge in [0.25, 0.3) is 0 Å². The molecule has 4 rings (SSSR count). The zero-order valence-electron chi connectivity index (χ0n) is 22.0. The van der Waals surface area contributed by atoms with Gasteiger partial charge in [-0.2, -0.15) is 0 Å². The van der Waals surface area contributed by atoms with Gasteiger partial charge in [-0.15, -0.1) is 12.4 Å². The van der Waals surface area contributed by atoms with Gasteiger partial charge >= 0.3 is 0 Å². The molecule has 0 aliphatic rings. The summed E-state index contributed by atoms with van der Waals surface area (Å²) in [5, 5.41) is 0. The van der Waals surface area contributed by atoms with Crippen LogP contribution in [0.25, 0.3) is 11.1 Å². The maximum Gasteiger partial charge on any atom is 0.240 e. The molecule has 4 N–H and O–H groups in total. The van der Waals surface area contributed by atoms with Crippen LogP contribution in [0.2, 0.25) is 0 Å². The molecule has 0 heterocycles. The molecule has 0 bridgehead atoms. The van der Waals surface area contributed by atoms with Crippen molar-refractivity contribution in [1.82, 2.24) is 4.90 Å². The second kappa shape index (κ2) is 14.9. The largest absolute Gasteiger partial charge is 0.368 e. The highest BCUT2D eigenvalue weighted by atomic mass is 35.5. The van der Waals surface area contributed by atoms with E-state index in [-0.39, 0.29) is 18.3 Å². The monoisotopic (exact) mass is 541 g/mol. The van der Waals surface area contributed by atoms with Gasteiger partial charge in [-0.1, -0.05) is 115 Å². The molecule has 39 heavy (non-hydrogen) atoms. The predicted octanol–water partition coefficient (Wildman–Crippen LogP) is 5.57. The van der Waals surface area contributed by atoms with Crippen molar-refractivity contribution in [1.29, 1.82) is 0 Å². The first-order valence-corrected chi connectivity index (χ1v) is 13.1. The second-order valence-corrected chi connectivity index (χ2v) is 9.45. The Kier molecular flexibility index (Phi) is 11.3. The lowest BCUT2D eigenvalue weighted by atomic mass is 9.89. The van der Waals surface area contributed by atoms with E-state index < -0.39 is 17.9 Å². The smallest absolute Gasteiger partial charge is 0.240 e. The van der Waals surface area contributed by atoms with E-state index in [2.05, 4.69) is 36.4 Å². The van der Waals surface area contributed by atoms with E-state index >= 15 is 0 Å². The molecule has 1 atom stereocenters.